The van der Waals surface area contributed by atoms with Crippen molar-refractivity contribution in [1.82, 2.24) is 25.0 Å². The first-order valence-corrected chi connectivity index (χ1v) is 9.98. The quantitative estimate of drug-likeness (QED) is 0.839. The van der Waals surface area contributed by atoms with Gasteiger partial charge in [-0.2, -0.15) is 0 Å². The second-order valence-corrected chi connectivity index (χ2v) is 8.61. The summed E-state index contributed by atoms with van der Waals surface area (Å²) in [7, 11) is 0. The number of aromatic nitrogens is 3. The van der Waals surface area contributed by atoms with Gasteiger partial charge in [-0.15, -0.1) is 10.2 Å². The van der Waals surface area contributed by atoms with Gasteiger partial charge in [-0.1, -0.05) is 11.6 Å². The third kappa shape index (κ3) is 5.45. The molecule has 1 aromatic carbocycles. The van der Waals surface area contributed by atoms with E-state index in [1.165, 1.54) is 0 Å². The fourth-order valence-corrected chi connectivity index (χ4v) is 3.47. The van der Waals surface area contributed by atoms with E-state index in [4.69, 9.17) is 16.3 Å². The maximum Gasteiger partial charge on any atom is 0.407 e. The lowest BCUT2D eigenvalue weighted by atomic mass is 10.1. The summed E-state index contributed by atoms with van der Waals surface area (Å²) in [6.07, 6.45) is 1.42. The minimum Gasteiger partial charge on any atom is -0.444 e. The molecule has 2 heterocycles. The lowest BCUT2D eigenvalue weighted by Gasteiger charge is -2.32. The van der Waals surface area contributed by atoms with Gasteiger partial charge in [0.1, 0.15) is 11.4 Å². The van der Waals surface area contributed by atoms with Gasteiger partial charge >= 0.3 is 6.09 Å². The molecule has 1 amide bonds. The van der Waals surface area contributed by atoms with E-state index in [2.05, 4.69) is 25.0 Å². The number of rotatable bonds is 4. The van der Waals surface area contributed by atoms with Gasteiger partial charge in [-0.3, -0.25) is 9.47 Å². The molecule has 1 N–H and O–H groups in total. The molecule has 0 spiro atoms. The molecule has 152 valence electrons. The zero-order valence-electron chi connectivity index (χ0n) is 16.9. The number of piperidine rings is 1. The predicted molar refractivity (Wildman–Crippen MR) is 109 cm³/mol. The van der Waals surface area contributed by atoms with E-state index >= 15 is 0 Å². The largest absolute Gasteiger partial charge is 0.444 e. The number of nitrogens with one attached hydrogen (secondary N) is 1. The van der Waals surface area contributed by atoms with Crippen LogP contribution in [0.3, 0.4) is 0 Å². The molecule has 0 unspecified atom stereocenters. The molecule has 0 bridgehead atoms. The molecule has 8 heteroatoms. The standard InChI is InChI=1S/C20H28ClN5O2/c1-14-23-24-18(26(14)17-7-5-15(21)6-8-17)13-25-11-9-16(10-12-25)22-19(27)28-20(2,3)4/h5-8,16H,9-13H2,1-4H3,(H,22,27). The first kappa shape index (κ1) is 20.6. The second-order valence-electron chi connectivity index (χ2n) is 8.17. The predicted octanol–water partition coefficient (Wildman–Crippen LogP) is 3.72. The van der Waals surface area contributed by atoms with Gasteiger partial charge in [0.05, 0.1) is 6.54 Å². The number of amides is 1. The van der Waals surface area contributed by atoms with Crippen LogP contribution in [-0.4, -0.2) is 50.5 Å². The highest BCUT2D eigenvalue weighted by atomic mass is 35.5. The first-order valence-electron chi connectivity index (χ1n) is 9.60. The molecule has 1 aliphatic heterocycles. The van der Waals surface area contributed by atoms with E-state index in [9.17, 15) is 4.79 Å². The molecule has 2 aromatic rings. The number of aryl methyl sites for hydroxylation is 1. The second kappa shape index (κ2) is 8.49. The fourth-order valence-electron chi connectivity index (χ4n) is 3.34. The van der Waals surface area contributed by atoms with Crippen molar-refractivity contribution in [3.05, 3.63) is 40.9 Å². The summed E-state index contributed by atoms with van der Waals surface area (Å²) in [5.74, 6) is 1.75. The summed E-state index contributed by atoms with van der Waals surface area (Å²) in [5, 5.41) is 12.3. The lowest BCUT2D eigenvalue weighted by molar-refractivity contribution is 0.0477. The van der Waals surface area contributed by atoms with Gasteiger partial charge in [0.15, 0.2) is 5.82 Å². The summed E-state index contributed by atoms with van der Waals surface area (Å²) in [4.78, 5) is 14.3. The Bertz CT molecular complexity index is 805. The highest BCUT2D eigenvalue weighted by Crippen LogP contribution is 2.19. The molecule has 1 aromatic heterocycles. The number of halogens is 1. The Labute approximate surface area is 171 Å². The van der Waals surface area contributed by atoms with Crippen LogP contribution in [0.5, 0.6) is 0 Å². The molecule has 1 saturated heterocycles. The molecule has 0 saturated carbocycles. The highest BCUT2D eigenvalue weighted by molar-refractivity contribution is 6.30. The molecular formula is C20H28ClN5O2. The molecule has 0 atom stereocenters. The van der Waals surface area contributed by atoms with Gasteiger partial charge in [0.25, 0.3) is 0 Å². The van der Waals surface area contributed by atoms with Crippen molar-refractivity contribution in [2.45, 2.75) is 58.7 Å². The van der Waals surface area contributed by atoms with E-state index in [1.807, 2.05) is 52.0 Å². The monoisotopic (exact) mass is 405 g/mol. The zero-order chi connectivity index (χ0) is 20.3. The normalized spacial score (nSPS) is 16.2. The van der Waals surface area contributed by atoms with E-state index in [0.717, 1.165) is 43.3 Å². The van der Waals surface area contributed by atoms with Crippen molar-refractivity contribution in [1.29, 1.82) is 0 Å². The SMILES string of the molecule is Cc1nnc(CN2CCC(NC(=O)OC(C)(C)C)CC2)n1-c1ccc(Cl)cc1. The van der Waals surface area contributed by atoms with Crippen LogP contribution in [-0.2, 0) is 11.3 Å². The Balaban J connectivity index is 1.57. The van der Waals surface area contributed by atoms with Crippen LogP contribution >= 0.6 is 11.6 Å². The number of carbonyl (C=O) groups is 1. The summed E-state index contributed by atoms with van der Waals surface area (Å²) in [6, 6.07) is 7.82. The summed E-state index contributed by atoms with van der Waals surface area (Å²) in [6.45, 7) is 10.0. The number of carbonyl (C=O) groups excluding carboxylic acids is 1. The van der Waals surface area contributed by atoms with Crippen molar-refractivity contribution in [3.8, 4) is 5.69 Å². The highest BCUT2D eigenvalue weighted by Gasteiger charge is 2.24. The number of likely N-dealkylation sites (tertiary alicyclic amines) is 1. The van der Waals surface area contributed by atoms with E-state index in [1.54, 1.807) is 0 Å². The van der Waals surface area contributed by atoms with E-state index in [0.29, 0.717) is 11.6 Å². The summed E-state index contributed by atoms with van der Waals surface area (Å²) < 4.78 is 7.40. The van der Waals surface area contributed by atoms with Crippen LogP contribution in [0.1, 0.15) is 45.3 Å². The maximum absolute atomic E-state index is 11.9. The van der Waals surface area contributed by atoms with E-state index < -0.39 is 5.60 Å². The van der Waals surface area contributed by atoms with Crippen molar-refractivity contribution in [3.63, 3.8) is 0 Å². The molecule has 0 radical (unpaired) electrons. The fraction of sp³-hybridized carbons (Fsp3) is 0.550. The number of hydrogen-bond acceptors (Lipinski definition) is 5. The van der Waals surface area contributed by atoms with Crippen LogP contribution in [0.15, 0.2) is 24.3 Å². The molecule has 3 rings (SSSR count). The number of benzene rings is 1. The molecular weight excluding hydrogens is 378 g/mol. The van der Waals surface area contributed by atoms with Crippen molar-refractivity contribution < 1.29 is 9.53 Å². The molecule has 0 aliphatic carbocycles. The van der Waals surface area contributed by atoms with Crippen LogP contribution in [0, 0.1) is 6.92 Å². The number of hydrogen-bond donors (Lipinski definition) is 1. The lowest BCUT2D eigenvalue weighted by Crippen LogP contribution is -2.46. The third-order valence-corrected chi connectivity index (χ3v) is 4.90. The molecule has 1 aliphatic rings. The smallest absolute Gasteiger partial charge is 0.407 e. The minimum absolute atomic E-state index is 0.141. The Morgan fingerprint density at radius 2 is 1.86 bits per heavy atom. The first-order chi connectivity index (χ1) is 13.2. The van der Waals surface area contributed by atoms with Gasteiger partial charge in [0.2, 0.25) is 0 Å². The van der Waals surface area contributed by atoms with Crippen molar-refractivity contribution in [2.24, 2.45) is 0 Å². The number of nitrogens with zero attached hydrogens (tertiary/aromatic N) is 4. The Morgan fingerprint density at radius 3 is 2.46 bits per heavy atom. The van der Waals surface area contributed by atoms with E-state index in [-0.39, 0.29) is 12.1 Å². The Hall–Kier alpha value is -2.12. The average molecular weight is 406 g/mol. The molecule has 28 heavy (non-hydrogen) atoms. The van der Waals surface area contributed by atoms with Gasteiger partial charge < -0.3 is 10.1 Å². The zero-order valence-corrected chi connectivity index (χ0v) is 17.7. The van der Waals surface area contributed by atoms with Crippen molar-refractivity contribution >= 4 is 17.7 Å². The summed E-state index contributed by atoms with van der Waals surface area (Å²) >= 11 is 6.01. The number of alkyl carbamates (subject to hydrolysis) is 1. The topological polar surface area (TPSA) is 72.3 Å². The van der Waals surface area contributed by atoms with Crippen LogP contribution < -0.4 is 5.32 Å². The van der Waals surface area contributed by atoms with Crippen LogP contribution in [0.25, 0.3) is 5.69 Å². The minimum atomic E-state index is -0.478. The Kier molecular flexibility index (Phi) is 6.25. The average Bonchev–Trinajstić information content (AvgIpc) is 2.96. The van der Waals surface area contributed by atoms with Crippen LogP contribution in [0.4, 0.5) is 4.79 Å². The third-order valence-electron chi connectivity index (χ3n) is 4.65. The van der Waals surface area contributed by atoms with Gasteiger partial charge in [0, 0.05) is 29.8 Å². The number of ether oxygens (including phenoxy) is 1. The van der Waals surface area contributed by atoms with Crippen molar-refractivity contribution in [2.75, 3.05) is 13.1 Å². The van der Waals surface area contributed by atoms with Gasteiger partial charge in [-0.05, 0) is 64.8 Å². The summed E-state index contributed by atoms with van der Waals surface area (Å²) in [5.41, 5.74) is 0.525. The van der Waals surface area contributed by atoms with Gasteiger partial charge in [-0.25, -0.2) is 4.79 Å². The van der Waals surface area contributed by atoms with Crippen LogP contribution in [0.2, 0.25) is 5.02 Å². The molecule has 7 nitrogen and oxygen atoms in total. The maximum atomic E-state index is 11.9. The molecule has 1 fully saturated rings. The Morgan fingerprint density at radius 1 is 1.21 bits per heavy atom.